The Morgan fingerprint density at radius 2 is 2.06 bits per heavy atom. The van der Waals surface area contributed by atoms with E-state index in [2.05, 4.69) is 35.2 Å². The predicted molar refractivity (Wildman–Crippen MR) is 68.5 cm³/mol. The van der Waals surface area contributed by atoms with E-state index in [1.54, 1.807) is 0 Å². The van der Waals surface area contributed by atoms with Crippen LogP contribution >= 0.6 is 0 Å². The molecule has 2 aliphatic heterocycles. The summed E-state index contributed by atoms with van der Waals surface area (Å²) in [5.74, 6) is 1.70. The Morgan fingerprint density at radius 1 is 1.22 bits per heavy atom. The highest BCUT2D eigenvalue weighted by Crippen LogP contribution is 2.34. The molecule has 0 saturated carbocycles. The Hall–Kier alpha value is -1.30. The second kappa shape index (κ2) is 5.14. The summed E-state index contributed by atoms with van der Waals surface area (Å²) in [7, 11) is 0. The van der Waals surface area contributed by atoms with E-state index in [0.717, 1.165) is 24.5 Å². The zero-order valence-corrected chi connectivity index (χ0v) is 10.5. The van der Waals surface area contributed by atoms with Gasteiger partial charge >= 0.3 is 0 Å². The van der Waals surface area contributed by atoms with Crippen LogP contribution in [0, 0.1) is 0 Å². The van der Waals surface area contributed by atoms with Crippen LogP contribution < -0.4 is 25.6 Å². The van der Waals surface area contributed by atoms with Gasteiger partial charge in [-0.05, 0) is 30.7 Å². The molecule has 1 aromatic rings. The summed E-state index contributed by atoms with van der Waals surface area (Å²) in [6, 6.07) is 6.47. The van der Waals surface area contributed by atoms with Crippen molar-refractivity contribution in [3.63, 3.8) is 0 Å². The highest BCUT2D eigenvalue weighted by Gasteiger charge is 2.25. The van der Waals surface area contributed by atoms with E-state index in [-0.39, 0.29) is 0 Å². The van der Waals surface area contributed by atoms with Gasteiger partial charge in [-0.2, -0.15) is 0 Å². The second-order valence-electron chi connectivity index (χ2n) is 4.59. The van der Waals surface area contributed by atoms with Crippen LogP contribution in [-0.2, 0) is 0 Å². The summed E-state index contributed by atoms with van der Waals surface area (Å²) in [6.45, 7) is 4.34. The van der Waals surface area contributed by atoms with Crippen molar-refractivity contribution in [1.29, 1.82) is 0 Å². The zero-order valence-electron chi connectivity index (χ0n) is 10.5. The van der Waals surface area contributed by atoms with Gasteiger partial charge in [0.1, 0.15) is 13.2 Å². The van der Waals surface area contributed by atoms with Crippen molar-refractivity contribution in [3.05, 3.63) is 23.8 Å². The summed E-state index contributed by atoms with van der Waals surface area (Å²) in [5.41, 5.74) is 7.79. The lowest BCUT2D eigenvalue weighted by atomic mass is 10.0. The van der Waals surface area contributed by atoms with Crippen LogP contribution in [0.3, 0.4) is 0 Å². The van der Waals surface area contributed by atoms with Gasteiger partial charge in [-0.1, -0.05) is 13.0 Å². The van der Waals surface area contributed by atoms with Gasteiger partial charge in [-0.15, -0.1) is 0 Å². The fourth-order valence-corrected chi connectivity index (χ4v) is 2.43. The monoisotopic (exact) mass is 249 g/mol. The first kappa shape index (κ1) is 11.8. The molecular formula is C13H19N3O2. The molecule has 2 unspecified atom stereocenters. The minimum absolute atomic E-state index is 0.310. The Morgan fingerprint density at radius 3 is 2.89 bits per heavy atom. The fraction of sp³-hybridized carbons (Fsp3) is 0.538. The van der Waals surface area contributed by atoms with E-state index in [0.29, 0.717) is 25.4 Å². The summed E-state index contributed by atoms with van der Waals surface area (Å²) >= 11 is 0. The van der Waals surface area contributed by atoms with Gasteiger partial charge in [0.15, 0.2) is 11.5 Å². The first-order valence-corrected chi connectivity index (χ1v) is 6.51. The van der Waals surface area contributed by atoms with Crippen LogP contribution in [0.1, 0.15) is 24.9 Å². The predicted octanol–water partition coefficient (Wildman–Crippen LogP) is 0.932. The van der Waals surface area contributed by atoms with Crippen molar-refractivity contribution >= 4 is 0 Å². The van der Waals surface area contributed by atoms with Crippen LogP contribution in [0.25, 0.3) is 0 Å². The number of hydrazine groups is 1. The van der Waals surface area contributed by atoms with Crippen molar-refractivity contribution in [3.8, 4) is 11.5 Å². The topological polar surface area (TPSA) is 54.5 Å². The molecule has 3 rings (SSSR count). The van der Waals surface area contributed by atoms with E-state index in [4.69, 9.17) is 9.47 Å². The molecule has 2 aliphatic rings. The van der Waals surface area contributed by atoms with Crippen molar-refractivity contribution in [2.75, 3.05) is 19.8 Å². The maximum absolute atomic E-state index is 5.61. The number of hydrogen-bond donors (Lipinski definition) is 3. The van der Waals surface area contributed by atoms with Crippen LogP contribution in [0.2, 0.25) is 0 Å². The molecule has 2 heterocycles. The first-order valence-electron chi connectivity index (χ1n) is 6.51. The van der Waals surface area contributed by atoms with Crippen LogP contribution in [0.15, 0.2) is 18.2 Å². The largest absolute Gasteiger partial charge is 0.486 e. The zero-order chi connectivity index (χ0) is 12.4. The van der Waals surface area contributed by atoms with E-state index < -0.39 is 0 Å². The molecule has 18 heavy (non-hydrogen) atoms. The number of nitrogens with one attached hydrogen (secondary N) is 3. The fourth-order valence-electron chi connectivity index (χ4n) is 2.43. The Kier molecular flexibility index (Phi) is 3.36. The minimum Gasteiger partial charge on any atom is -0.486 e. The quantitative estimate of drug-likeness (QED) is 0.744. The van der Waals surface area contributed by atoms with E-state index >= 15 is 0 Å². The molecule has 98 valence electrons. The maximum atomic E-state index is 5.61. The number of rotatable bonds is 3. The van der Waals surface area contributed by atoms with Gasteiger partial charge in [0.25, 0.3) is 0 Å². The molecule has 0 radical (unpaired) electrons. The molecule has 0 aromatic heterocycles. The van der Waals surface area contributed by atoms with Crippen molar-refractivity contribution in [2.45, 2.75) is 25.6 Å². The minimum atomic E-state index is 0.310. The first-order chi connectivity index (χ1) is 8.86. The highest BCUT2D eigenvalue weighted by atomic mass is 16.6. The molecule has 1 fully saturated rings. The molecule has 0 spiro atoms. The van der Waals surface area contributed by atoms with Gasteiger partial charge in [-0.25, -0.2) is 10.9 Å². The molecule has 2 atom stereocenters. The molecule has 3 N–H and O–H groups in total. The van der Waals surface area contributed by atoms with Gasteiger partial charge in [0.05, 0.1) is 6.17 Å². The summed E-state index contributed by atoms with van der Waals surface area (Å²) in [4.78, 5) is 0. The van der Waals surface area contributed by atoms with Gasteiger partial charge in [0, 0.05) is 6.04 Å². The molecule has 1 saturated heterocycles. The van der Waals surface area contributed by atoms with E-state index in [1.807, 2.05) is 6.07 Å². The summed E-state index contributed by atoms with van der Waals surface area (Å²) in [5, 5.41) is 3.38. The third-order valence-corrected chi connectivity index (χ3v) is 3.32. The normalized spacial score (nSPS) is 26.3. The third kappa shape index (κ3) is 2.29. The van der Waals surface area contributed by atoms with Crippen LogP contribution in [0.4, 0.5) is 0 Å². The third-order valence-electron chi connectivity index (χ3n) is 3.32. The van der Waals surface area contributed by atoms with Gasteiger partial charge in [0.2, 0.25) is 0 Å². The number of fused-ring (bicyclic) bond motifs is 1. The number of ether oxygens (including phenoxy) is 2. The molecule has 1 aromatic carbocycles. The molecular weight excluding hydrogens is 230 g/mol. The van der Waals surface area contributed by atoms with Gasteiger partial charge < -0.3 is 14.8 Å². The van der Waals surface area contributed by atoms with E-state index in [1.165, 1.54) is 5.56 Å². The average Bonchev–Trinajstić information content (AvgIpc) is 2.87. The average molecular weight is 249 g/mol. The van der Waals surface area contributed by atoms with Gasteiger partial charge in [-0.3, -0.25) is 0 Å². The Balaban J connectivity index is 1.73. The lowest BCUT2D eigenvalue weighted by Gasteiger charge is -2.20. The molecule has 0 aliphatic carbocycles. The Bertz CT molecular complexity index is 425. The summed E-state index contributed by atoms with van der Waals surface area (Å²) in [6.07, 6.45) is 1.35. The number of benzene rings is 1. The van der Waals surface area contributed by atoms with Crippen molar-refractivity contribution in [1.82, 2.24) is 16.2 Å². The highest BCUT2D eigenvalue weighted by molar-refractivity contribution is 5.44. The Labute approximate surface area is 107 Å². The molecule has 0 bridgehead atoms. The van der Waals surface area contributed by atoms with E-state index in [9.17, 15) is 0 Å². The SMILES string of the molecule is CCNC1CC(c2ccc3c(c2)OCCO3)NN1. The second-order valence-corrected chi connectivity index (χ2v) is 4.59. The molecule has 5 heteroatoms. The molecule has 0 amide bonds. The van der Waals surface area contributed by atoms with Crippen LogP contribution in [-0.4, -0.2) is 25.9 Å². The smallest absolute Gasteiger partial charge is 0.161 e. The number of hydrogen-bond acceptors (Lipinski definition) is 5. The van der Waals surface area contributed by atoms with Crippen LogP contribution in [0.5, 0.6) is 11.5 Å². The lowest BCUT2D eigenvalue weighted by molar-refractivity contribution is 0.171. The summed E-state index contributed by atoms with van der Waals surface area (Å²) < 4.78 is 11.1. The van der Waals surface area contributed by atoms with Crippen molar-refractivity contribution < 1.29 is 9.47 Å². The lowest BCUT2D eigenvalue weighted by Crippen LogP contribution is -2.40. The molecule has 5 nitrogen and oxygen atoms in total. The maximum Gasteiger partial charge on any atom is 0.161 e. The standard InChI is InChI=1S/C13H19N3O2/c1-2-14-13-8-10(15-16-13)9-3-4-11-12(7-9)18-6-5-17-11/h3-4,7,10,13-16H,2,5-6,8H2,1H3. The van der Waals surface area contributed by atoms with Crippen molar-refractivity contribution in [2.24, 2.45) is 0 Å².